The van der Waals surface area contributed by atoms with Gasteiger partial charge in [0.05, 0.1) is 24.0 Å². The number of morpholine rings is 1. The maximum absolute atomic E-state index is 12.4. The molecule has 106 valence electrons. The second-order valence-corrected chi connectivity index (χ2v) is 5.40. The molecule has 7 heteroatoms. The van der Waals surface area contributed by atoms with Crippen molar-refractivity contribution >= 4 is 5.91 Å². The van der Waals surface area contributed by atoms with Crippen LogP contribution >= 0.6 is 0 Å². The number of rotatable bonds is 3. The largest absolute Gasteiger partial charge is 0.382 e. The van der Waals surface area contributed by atoms with Crippen molar-refractivity contribution in [1.82, 2.24) is 20.3 Å². The number of hydrogen-bond acceptors (Lipinski definition) is 5. The zero-order valence-corrected chi connectivity index (χ0v) is 11.8. The van der Waals surface area contributed by atoms with Crippen molar-refractivity contribution < 1.29 is 14.3 Å². The highest BCUT2D eigenvalue weighted by Gasteiger charge is 2.36. The summed E-state index contributed by atoms with van der Waals surface area (Å²) < 4.78 is 11.0. The Morgan fingerprint density at radius 1 is 1.58 bits per heavy atom. The average Bonchev–Trinajstić information content (AvgIpc) is 2.73. The molecular weight excluding hydrogens is 248 g/mol. The molecule has 1 aromatic rings. The van der Waals surface area contributed by atoms with Gasteiger partial charge in [-0.25, -0.2) is 0 Å². The first-order chi connectivity index (χ1) is 8.93. The monoisotopic (exact) mass is 268 g/mol. The summed E-state index contributed by atoms with van der Waals surface area (Å²) in [6, 6.07) is 0. The van der Waals surface area contributed by atoms with Crippen LogP contribution in [0.3, 0.4) is 0 Å². The second-order valence-electron chi connectivity index (χ2n) is 5.40. The Kier molecular flexibility index (Phi) is 3.86. The van der Waals surface area contributed by atoms with E-state index in [0.29, 0.717) is 31.1 Å². The van der Waals surface area contributed by atoms with Crippen LogP contribution in [0.5, 0.6) is 0 Å². The molecule has 0 aromatic carbocycles. The summed E-state index contributed by atoms with van der Waals surface area (Å²) >= 11 is 0. The number of nitrogens with one attached hydrogen (secondary N) is 1. The van der Waals surface area contributed by atoms with E-state index >= 15 is 0 Å². The van der Waals surface area contributed by atoms with Crippen LogP contribution < -0.4 is 0 Å². The summed E-state index contributed by atoms with van der Waals surface area (Å²) in [5, 5.41) is 10.3. The number of H-pyrrole nitrogens is 1. The molecule has 2 heterocycles. The number of aryl methyl sites for hydroxylation is 1. The van der Waals surface area contributed by atoms with Gasteiger partial charge < -0.3 is 14.4 Å². The van der Waals surface area contributed by atoms with E-state index in [1.54, 1.807) is 18.9 Å². The Morgan fingerprint density at radius 2 is 2.32 bits per heavy atom. The quantitative estimate of drug-likeness (QED) is 0.857. The number of carbonyl (C=O) groups is 1. The Labute approximate surface area is 112 Å². The van der Waals surface area contributed by atoms with E-state index < -0.39 is 5.60 Å². The van der Waals surface area contributed by atoms with Crippen molar-refractivity contribution in [3.8, 4) is 0 Å². The molecule has 2 rings (SSSR count). The molecule has 0 spiro atoms. The highest BCUT2D eigenvalue weighted by Crippen LogP contribution is 2.22. The van der Waals surface area contributed by atoms with Crippen LogP contribution in [0.4, 0.5) is 0 Å². The number of ether oxygens (including phenoxy) is 2. The molecule has 0 unspecified atom stereocenters. The molecule has 1 atom stereocenters. The summed E-state index contributed by atoms with van der Waals surface area (Å²) in [7, 11) is 1.62. The third-order valence-corrected chi connectivity index (χ3v) is 3.05. The smallest absolute Gasteiger partial charge is 0.276 e. The first-order valence-electron chi connectivity index (χ1n) is 6.26. The van der Waals surface area contributed by atoms with Gasteiger partial charge in [-0.2, -0.15) is 15.4 Å². The third kappa shape index (κ3) is 3.10. The summed E-state index contributed by atoms with van der Waals surface area (Å²) in [4.78, 5) is 14.2. The van der Waals surface area contributed by atoms with Gasteiger partial charge in [0.15, 0.2) is 5.69 Å². The molecule has 19 heavy (non-hydrogen) atoms. The van der Waals surface area contributed by atoms with Gasteiger partial charge in [0, 0.05) is 20.2 Å². The minimum absolute atomic E-state index is 0.120. The minimum atomic E-state index is -0.394. The van der Waals surface area contributed by atoms with Crippen LogP contribution in [0.2, 0.25) is 0 Å². The average molecular weight is 268 g/mol. The lowest BCUT2D eigenvalue weighted by Crippen LogP contribution is -2.55. The number of aromatic amines is 1. The first kappa shape index (κ1) is 14.0. The summed E-state index contributed by atoms with van der Waals surface area (Å²) in [6.45, 7) is 7.18. The van der Waals surface area contributed by atoms with E-state index in [4.69, 9.17) is 9.47 Å². The number of methoxy groups -OCH3 is 1. The van der Waals surface area contributed by atoms with Crippen molar-refractivity contribution in [3.05, 3.63) is 11.4 Å². The van der Waals surface area contributed by atoms with Crippen molar-refractivity contribution in [2.45, 2.75) is 32.5 Å². The Bertz CT molecular complexity index is 458. The third-order valence-electron chi connectivity index (χ3n) is 3.05. The van der Waals surface area contributed by atoms with Crippen molar-refractivity contribution in [2.24, 2.45) is 0 Å². The Morgan fingerprint density at radius 3 is 2.89 bits per heavy atom. The normalized spacial score (nSPS) is 22.5. The predicted molar refractivity (Wildman–Crippen MR) is 67.9 cm³/mol. The number of hydrogen-bond donors (Lipinski definition) is 1. The number of aromatic nitrogens is 3. The Balaban J connectivity index is 2.15. The Hall–Kier alpha value is -1.47. The van der Waals surface area contributed by atoms with E-state index in [0.717, 1.165) is 0 Å². The molecule has 1 fully saturated rings. The maximum atomic E-state index is 12.4. The highest BCUT2D eigenvalue weighted by molar-refractivity contribution is 5.93. The van der Waals surface area contributed by atoms with Crippen LogP contribution in [0, 0.1) is 6.92 Å². The summed E-state index contributed by atoms with van der Waals surface area (Å²) in [5.74, 6) is -0.122. The van der Waals surface area contributed by atoms with Crippen LogP contribution in [0.1, 0.15) is 30.0 Å². The van der Waals surface area contributed by atoms with Crippen LogP contribution in [-0.4, -0.2) is 64.7 Å². The first-order valence-corrected chi connectivity index (χ1v) is 6.26. The van der Waals surface area contributed by atoms with Gasteiger partial charge in [0.2, 0.25) is 0 Å². The fraction of sp³-hybridized carbons (Fsp3) is 0.750. The van der Waals surface area contributed by atoms with E-state index in [1.165, 1.54) is 0 Å². The molecule has 0 bridgehead atoms. The molecule has 0 saturated carbocycles. The molecule has 1 aliphatic heterocycles. The minimum Gasteiger partial charge on any atom is -0.382 e. The lowest BCUT2D eigenvalue weighted by molar-refractivity contribution is -0.143. The molecule has 1 amide bonds. The van der Waals surface area contributed by atoms with Crippen LogP contribution in [0.25, 0.3) is 0 Å². The lowest BCUT2D eigenvalue weighted by atomic mass is 10.0. The van der Waals surface area contributed by atoms with E-state index in [2.05, 4.69) is 15.4 Å². The van der Waals surface area contributed by atoms with Gasteiger partial charge in [-0.15, -0.1) is 0 Å². The van der Waals surface area contributed by atoms with Gasteiger partial charge in [-0.3, -0.25) is 4.79 Å². The fourth-order valence-corrected chi connectivity index (χ4v) is 2.36. The zero-order chi connectivity index (χ0) is 14.0. The number of amides is 1. The van der Waals surface area contributed by atoms with Crippen LogP contribution in [0.15, 0.2) is 0 Å². The second kappa shape index (κ2) is 5.26. The molecule has 7 nitrogen and oxygen atoms in total. The van der Waals surface area contributed by atoms with Gasteiger partial charge in [-0.1, -0.05) is 0 Å². The van der Waals surface area contributed by atoms with Gasteiger partial charge >= 0.3 is 0 Å². The van der Waals surface area contributed by atoms with Gasteiger partial charge in [0.25, 0.3) is 5.91 Å². The standard InChI is InChI=1S/C12H20N4O3/c1-8-10(14-15-13-8)11(17)16-5-9(6-18-4)19-12(2,3)7-16/h9H,5-7H2,1-4H3,(H,13,14,15)/t9-/m0/s1. The topological polar surface area (TPSA) is 80.3 Å². The van der Waals surface area contributed by atoms with Crippen LogP contribution in [-0.2, 0) is 9.47 Å². The SMILES string of the molecule is COC[C@@H]1CN(C(=O)c2n[nH]nc2C)CC(C)(C)O1. The number of carbonyl (C=O) groups excluding carboxylic acids is 1. The van der Waals surface area contributed by atoms with Gasteiger partial charge in [0.1, 0.15) is 0 Å². The van der Waals surface area contributed by atoms with E-state index in [-0.39, 0.29) is 12.0 Å². The fourth-order valence-electron chi connectivity index (χ4n) is 2.36. The molecular formula is C12H20N4O3. The van der Waals surface area contributed by atoms with Crippen molar-refractivity contribution in [1.29, 1.82) is 0 Å². The highest BCUT2D eigenvalue weighted by atomic mass is 16.5. The van der Waals surface area contributed by atoms with Gasteiger partial charge in [-0.05, 0) is 20.8 Å². The molecule has 1 aliphatic rings. The number of nitrogens with zero attached hydrogens (tertiary/aromatic N) is 3. The summed E-state index contributed by atoms with van der Waals surface area (Å²) in [5.41, 5.74) is 0.584. The van der Waals surface area contributed by atoms with E-state index in [9.17, 15) is 4.79 Å². The van der Waals surface area contributed by atoms with Crippen molar-refractivity contribution in [3.63, 3.8) is 0 Å². The molecule has 1 aromatic heterocycles. The molecule has 0 radical (unpaired) electrons. The predicted octanol–water partition coefficient (Wildman–Crippen LogP) is 0.379. The lowest BCUT2D eigenvalue weighted by Gasteiger charge is -2.42. The summed E-state index contributed by atoms with van der Waals surface area (Å²) in [6.07, 6.45) is -0.120. The molecule has 1 N–H and O–H groups in total. The molecule has 0 aliphatic carbocycles. The molecule has 1 saturated heterocycles. The maximum Gasteiger partial charge on any atom is 0.276 e. The van der Waals surface area contributed by atoms with E-state index in [1.807, 2.05) is 13.8 Å². The van der Waals surface area contributed by atoms with Crippen molar-refractivity contribution in [2.75, 3.05) is 26.8 Å². The zero-order valence-electron chi connectivity index (χ0n) is 11.8.